The maximum Gasteiger partial charge on any atom is 0.289 e. The molecule has 0 aliphatic carbocycles. The third kappa shape index (κ3) is 1.96. The van der Waals surface area contributed by atoms with Gasteiger partial charge in [-0.1, -0.05) is 0 Å². The number of nitrogens with zero attached hydrogens (tertiary/aromatic N) is 1. The van der Waals surface area contributed by atoms with Crippen LogP contribution >= 0.6 is 0 Å². The number of amides is 1. The number of aliphatic hydroxyl groups is 1. The van der Waals surface area contributed by atoms with Crippen LogP contribution in [0.1, 0.15) is 16.3 Å². The Morgan fingerprint density at radius 3 is 2.81 bits per heavy atom. The van der Waals surface area contributed by atoms with Gasteiger partial charge < -0.3 is 19.7 Å². The van der Waals surface area contributed by atoms with Crippen LogP contribution < -0.4 is 5.32 Å². The lowest BCUT2D eigenvalue weighted by atomic mass is 10.2. The van der Waals surface area contributed by atoms with Gasteiger partial charge in [0.05, 0.1) is 12.1 Å². The number of hydrogen-bond donors (Lipinski definition) is 2. The second-order valence-corrected chi connectivity index (χ2v) is 4.12. The standard InChI is InChI=1S/C11H16N2O3/c1-7-3-4-10(16-7)11(15)13(2)8-5-12-6-9(8)14/h3-4,8-9,12,14H,5-6H2,1-2H3/t8-,9-/m1/s1. The van der Waals surface area contributed by atoms with Crippen LogP contribution in [0.3, 0.4) is 0 Å². The van der Waals surface area contributed by atoms with Crippen molar-refractivity contribution < 1.29 is 14.3 Å². The van der Waals surface area contributed by atoms with Crippen molar-refractivity contribution in [2.75, 3.05) is 20.1 Å². The van der Waals surface area contributed by atoms with Crippen molar-refractivity contribution in [3.8, 4) is 0 Å². The number of nitrogens with one attached hydrogen (secondary N) is 1. The largest absolute Gasteiger partial charge is 0.456 e. The maximum atomic E-state index is 12.0. The summed E-state index contributed by atoms with van der Waals surface area (Å²) in [5, 5.41) is 12.7. The van der Waals surface area contributed by atoms with E-state index < -0.39 is 6.10 Å². The van der Waals surface area contributed by atoms with E-state index >= 15 is 0 Å². The zero-order chi connectivity index (χ0) is 11.7. The number of carbonyl (C=O) groups is 1. The minimum atomic E-state index is -0.509. The molecule has 0 spiro atoms. The molecule has 1 aliphatic heterocycles. The van der Waals surface area contributed by atoms with E-state index in [1.165, 1.54) is 4.90 Å². The van der Waals surface area contributed by atoms with Gasteiger partial charge in [-0.2, -0.15) is 0 Å². The number of carbonyl (C=O) groups excluding carboxylic acids is 1. The van der Waals surface area contributed by atoms with Crippen LogP contribution in [-0.4, -0.2) is 48.2 Å². The average Bonchev–Trinajstić information content (AvgIpc) is 2.85. The third-order valence-corrected chi connectivity index (χ3v) is 2.92. The van der Waals surface area contributed by atoms with E-state index in [4.69, 9.17) is 4.42 Å². The molecule has 1 aromatic heterocycles. The normalized spacial score (nSPS) is 24.7. The lowest BCUT2D eigenvalue weighted by molar-refractivity contribution is 0.0551. The topological polar surface area (TPSA) is 65.7 Å². The summed E-state index contributed by atoms with van der Waals surface area (Å²) in [6.45, 7) is 2.94. The van der Waals surface area contributed by atoms with E-state index in [0.717, 1.165) is 0 Å². The molecule has 2 N–H and O–H groups in total. The van der Waals surface area contributed by atoms with Gasteiger partial charge in [0, 0.05) is 20.1 Å². The van der Waals surface area contributed by atoms with Crippen LogP contribution in [-0.2, 0) is 0 Å². The molecule has 0 unspecified atom stereocenters. The Bertz CT molecular complexity index is 388. The molecule has 5 heteroatoms. The monoisotopic (exact) mass is 224 g/mol. The summed E-state index contributed by atoms with van der Waals surface area (Å²) in [7, 11) is 1.68. The van der Waals surface area contributed by atoms with Crippen molar-refractivity contribution in [2.24, 2.45) is 0 Å². The van der Waals surface area contributed by atoms with E-state index in [0.29, 0.717) is 24.6 Å². The fourth-order valence-electron chi connectivity index (χ4n) is 1.92. The van der Waals surface area contributed by atoms with E-state index in [2.05, 4.69) is 5.32 Å². The summed E-state index contributed by atoms with van der Waals surface area (Å²) >= 11 is 0. The van der Waals surface area contributed by atoms with Gasteiger partial charge in [0.2, 0.25) is 0 Å². The van der Waals surface area contributed by atoms with Crippen molar-refractivity contribution in [1.82, 2.24) is 10.2 Å². The summed E-state index contributed by atoms with van der Waals surface area (Å²) in [6, 6.07) is 3.23. The van der Waals surface area contributed by atoms with Crippen LogP contribution in [0, 0.1) is 6.92 Å². The first-order valence-electron chi connectivity index (χ1n) is 5.32. The molecule has 1 aliphatic rings. The first-order chi connectivity index (χ1) is 7.59. The highest BCUT2D eigenvalue weighted by Gasteiger charge is 2.32. The molecule has 2 rings (SSSR count). The van der Waals surface area contributed by atoms with Gasteiger partial charge in [0.1, 0.15) is 5.76 Å². The van der Waals surface area contributed by atoms with Crippen LogP contribution in [0.4, 0.5) is 0 Å². The first-order valence-corrected chi connectivity index (χ1v) is 5.32. The second kappa shape index (κ2) is 4.27. The van der Waals surface area contributed by atoms with E-state index in [1.807, 2.05) is 0 Å². The van der Waals surface area contributed by atoms with Crippen molar-refractivity contribution in [3.05, 3.63) is 23.7 Å². The van der Waals surface area contributed by atoms with Gasteiger partial charge in [0.15, 0.2) is 5.76 Å². The highest BCUT2D eigenvalue weighted by Crippen LogP contribution is 2.14. The fourth-order valence-corrected chi connectivity index (χ4v) is 1.92. The summed E-state index contributed by atoms with van der Waals surface area (Å²) in [4.78, 5) is 13.5. The molecule has 0 saturated carbocycles. The highest BCUT2D eigenvalue weighted by atomic mass is 16.4. The SMILES string of the molecule is Cc1ccc(C(=O)N(C)[C@@H]2CNC[C@H]2O)o1. The molecule has 1 fully saturated rings. The number of furan rings is 1. The van der Waals surface area contributed by atoms with E-state index in [-0.39, 0.29) is 11.9 Å². The molecule has 1 amide bonds. The van der Waals surface area contributed by atoms with Crippen LogP contribution in [0.15, 0.2) is 16.5 Å². The Labute approximate surface area is 94.0 Å². The molecule has 1 aromatic rings. The summed E-state index contributed by atoms with van der Waals surface area (Å²) in [5.41, 5.74) is 0. The number of rotatable bonds is 2. The molecule has 0 aromatic carbocycles. The zero-order valence-corrected chi connectivity index (χ0v) is 9.43. The molecular weight excluding hydrogens is 208 g/mol. The Kier molecular flexibility index (Phi) is 2.98. The second-order valence-electron chi connectivity index (χ2n) is 4.12. The quantitative estimate of drug-likeness (QED) is 0.741. The number of aliphatic hydroxyl groups excluding tert-OH is 1. The Morgan fingerprint density at radius 1 is 1.56 bits per heavy atom. The molecule has 0 radical (unpaired) electrons. The molecule has 16 heavy (non-hydrogen) atoms. The smallest absolute Gasteiger partial charge is 0.289 e. The van der Waals surface area contributed by atoms with Gasteiger partial charge in [0.25, 0.3) is 5.91 Å². The predicted molar refractivity (Wildman–Crippen MR) is 58.2 cm³/mol. The molecule has 2 heterocycles. The molecule has 88 valence electrons. The van der Waals surface area contributed by atoms with Gasteiger partial charge in [-0.05, 0) is 19.1 Å². The summed E-state index contributed by atoms with van der Waals surface area (Å²) in [5.74, 6) is 0.835. The summed E-state index contributed by atoms with van der Waals surface area (Å²) in [6.07, 6.45) is -0.509. The Balaban J connectivity index is 2.10. The zero-order valence-electron chi connectivity index (χ0n) is 9.43. The van der Waals surface area contributed by atoms with Gasteiger partial charge in [-0.3, -0.25) is 4.79 Å². The van der Waals surface area contributed by atoms with Gasteiger partial charge >= 0.3 is 0 Å². The van der Waals surface area contributed by atoms with Crippen molar-refractivity contribution in [2.45, 2.75) is 19.1 Å². The number of aryl methyl sites for hydroxylation is 1. The van der Waals surface area contributed by atoms with E-state index in [9.17, 15) is 9.90 Å². The van der Waals surface area contributed by atoms with Crippen LogP contribution in [0.5, 0.6) is 0 Å². The first kappa shape index (κ1) is 11.2. The van der Waals surface area contributed by atoms with E-state index in [1.54, 1.807) is 26.1 Å². The Hall–Kier alpha value is -1.33. The van der Waals surface area contributed by atoms with Crippen LogP contribution in [0.25, 0.3) is 0 Å². The molecule has 5 nitrogen and oxygen atoms in total. The van der Waals surface area contributed by atoms with Crippen molar-refractivity contribution in [1.29, 1.82) is 0 Å². The number of likely N-dealkylation sites (N-methyl/N-ethyl adjacent to an activating group) is 1. The summed E-state index contributed by atoms with van der Waals surface area (Å²) < 4.78 is 5.27. The van der Waals surface area contributed by atoms with Gasteiger partial charge in [-0.25, -0.2) is 0 Å². The number of hydrogen-bond acceptors (Lipinski definition) is 4. The van der Waals surface area contributed by atoms with Gasteiger partial charge in [-0.15, -0.1) is 0 Å². The minimum absolute atomic E-state index is 0.182. The lowest BCUT2D eigenvalue weighted by Gasteiger charge is -2.25. The third-order valence-electron chi connectivity index (χ3n) is 2.92. The highest BCUT2D eigenvalue weighted by molar-refractivity contribution is 5.91. The van der Waals surface area contributed by atoms with Crippen molar-refractivity contribution in [3.63, 3.8) is 0 Å². The lowest BCUT2D eigenvalue weighted by Crippen LogP contribution is -2.44. The van der Waals surface area contributed by atoms with Crippen molar-refractivity contribution >= 4 is 5.91 Å². The maximum absolute atomic E-state index is 12.0. The Morgan fingerprint density at radius 2 is 2.31 bits per heavy atom. The molecule has 0 bridgehead atoms. The average molecular weight is 224 g/mol. The van der Waals surface area contributed by atoms with Crippen LogP contribution in [0.2, 0.25) is 0 Å². The predicted octanol–water partition coefficient (Wildman–Crippen LogP) is -0.00728. The molecular formula is C11H16N2O3. The fraction of sp³-hybridized carbons (Fsp3) is 0.545. The molecule has 2 atom stereocenters. The minimum Gasteiger partial charge on any atom is -0.456 e. The molecule has 1 saturated heterocycles. The number of β-amino-alcohol motifs (C(OH)–C–C–N with tert-alkyl or cyclic N) is 1.